The van der Waals surface area contributed by atoms with Crippen LogP contribution in [-0.4, -0.2) is 29.3 Å². The Balaban J connectivity index is 1.21. The van der Waals surface area contributed by atoms with E-state index >= 15 is 0 Å². The maximum absolute atomic E-state index is 12.9. The van der Waals surface area contributed by atoms with E-state index in [1.807, 2.05) is 48.5 Å². The van der Waals surface area contributed by atoms with E-state index in [1.54, 1.807) is 0 Å². The number of esters is 1. The van der Waals surface area contributed by atoms with Crippen molar-refractivity contribution in [3.8, 4) is 5.75 Å². The van der Waals surface area contributed by atoms with Crippen molar-refractivity contribution < 1.29 is 14.1 Å². The molecule has 2 aliphatic rings. The first-order valence-electron chi connectivity index (χ1n) is 16.8. The van der Waals surface area contributed by atoms with Gasteiger partial charge in [0.1, 0.15) is 5.75 Å². The number of para-hydroxylation sites is 1. The molecule has 0 radical (unpaired) electrons. The quantitative estimate of drug-likeness (QED) is 0.113. The summed E-state index contributed by atoms with van der Waals surface area (Å²) in [5.41, 5.74) is 9.05. The molecule has 2 aliphatic heterocycles. The molecular weight excluding hydrogens is 564 g/mol. The van der Waals surface area contributed by atoms with Gasteiger partial charge in [-0.1, -0.05) is 82.3 Å². The maximum Gasteiger partial charge on any atom is 0.343 e. The fourth-order valence-corrected chi connectivity index (χ4v) is 7.17. The summed E-state index contributed by atoms with van der Waals surface area (Å²) in [4.78, 5) is 15.4. The van der Waals surface area contributed by atoms with Crippen molar-refractivity contribution in [2.75, 3.05) is 18.0 Å². The van der Waals surface area contributed by atoms with Crippen molar-refractivity contribution in [1.29, 1.82) is 0 Å². The van der Waals surface area contributed by atoms with Crippen LogP contribution in [0.3, 0.4) is 0 Å². The number of carbonyl (C=O) groups is 1. The van der Waals surface area contributed by atoms with Gasteiger partial charge in [-0.15, -0.1) is 0 Å². The van der Waals surface area contributed by atoms with E-state index in [-0.39, 0.29) is 11.4 Å². The number of piperidine rings is 1. The molecule has 6 rings (SSSR count). The minimum Gasteiger partial charge on any atom is -0.423 e. The molecule has 4 aromatic carbocycles. The van der Waals surface area contributed by atoms with E-state index in [1.165, 1.54) is 40.2 Å². The van der Waals surface area contributed by atoms with Gasteiger partial charge in [-0.25, -0.2) is 4.79 Å². The van der Waals surface area contributed by atoms with Crippen LogP contribution in [0.1, 0.15) is 86.5 Å². The van der Waals surface area contributed by atoms with Crippen LogP contribution in [0.4, 0.5) is 11.4 Å². The zero-order valence-corrected chi connectivity index (χ0v) is 28.2. The van der Waals surface area contributed by atoms with E-state index in [9.17, 15) is 4.79 Å². The number of rotatable bonds is 8. The Bertz CT molecular complexity index is 1740. The largest absolute Gasteiger partial charge is 0.423 e. The lowest BCUT2D eigenvalue weighted by Gasteiger charge is -2.36. The SMILES string of the molecule is CC1CC(C)CN(c2ccc(C=CC3=[N+](Cc4ccc(C(=O)Oc5ccc(C(C)C)cc5)cc4)c4ccccc4C3(C)C)cc2)C1. The molecule has 4 aromatic rings. The highest BCUT2D eigenvalue weighted by atomic mass is 16.5. The topological polar surface area (TPSA) is 32.5 Å². The molecule has 0 N–H and O–H groups in total. The predicted molar refractivity (Wildman–Crippen MR) is 191 cm³/mol. The Morgan fingerprint density at radius 1 is 0.870 bits per heavy atom. The molecule has 46 heavy (non-hydrogen) atoms. The molecule has 0 saturated carbocycles. The van der Waals surface area contributed by atoms with Gasteiger partial charge in [-0.05, 0) is 91.6 Å². The molecule has 1 fully saturated rings. The molecule has 4 nitrogen and oxygen atoms in total. The van der Waals surface area contributed by atoms with Crippen molar-refractivity contribution >= 4 is 29.1 Å². The van der Waals surface area contributed by atoms with Crippen molar-refractivity contribution in [2.45, 2.75) is 65.8 Å². The summed E-state index contributed by atoms with van der Waals surface area (Å²) in [5.74, 6) is 2.11. The van der Waals surface area contributed by atoms with Gasteiger partial charge in [0.15, 0.2) is 12.3 Å². The number of hydrogen-bond acceptors (Lipinski definition) is 3. The third-order valence-corrected chi connectivity index (χ3v) is 9.65. The number of anilines is 1. The minimum absolute atomic E-state index is 0.151. The summed E-state index contributed by atoms with van der Waals surface area (Å²) >= 11 is 0. The zero-order chi connectivity index (χ0) is 32.4. The van der Waals surface area contributed by atoms with Gasteiger partial charge >= 0.3 is 5.97 Å². The number of nitrogens with zero attached hydrogens (tertiary/aromatic N) is 2. The van der Waals surface area contributed by atoms with E-state index in [0.717, 1.165) is 30.5 Å². The molecule has 0 bridgehead atoms. The molecule has 2 heterocycles. The van der Waals surface area contributed by atoms with Gasteiger partial charge in [0.05, 0.1) is 11.0 Å². The van der Waals surface area contributed by atoms with Crippen LogP contribution >= 0.6 is 0 Å². The van der Waals surface area contributed by atoms with Crippen LogP contribution in [0.25, 0.3) is 6.08 Å². The average molecular weight is 612 g/mol. The first kappa shape index (κ1) is 31.5. The van der Waals surface area contributed by atoms with Gasteiger partial charge in [0, 0.05) is 42.0 Å². The summed E-state index contributed by atoms with van der Waals surface area (Å²) in [6.45, 7) is 16.6. The predicted octanol–water partition coefficient (Wildman–Crippen LogP) is 9.80. The Kier molecular flexibility index (Phi) is 8.99. The summed E-state index contributed by atoms with van der Waals surface area (Å²) < 4.78 is 8.08. The number of benzene rings is 4. The molecule has 2 atom stereocenters. The zero-order valence-electron chi connectivity index (χ0n) is 28.2. The van der Waals surface area contributed by atoms with Crippen molar-refractivity contribution in [3.05, 3.63) is 131 Å². The number of ether oxygens (including phenoxy) is 1. The lowest BCUT2D eigenvalue weighted by molar-refractivity contribution is -0.455. The number of allylic oxidation sites excluding steroid dienone is 1. The molecule has 1 saturated heterocycles. The standard InChI is InChI=1S/C42H47N2O2/c1-29(2)34-18-22-37(23-19-34)46-41(45)35-16-11-33(12-17-35)28-44-39-10-8-7-9-38(39)42(5,6)40(44)24-15-32-13-20-36(21-14-32)43-26-30(3)25-31(4)27-43/h7-24,29-31H,25-28H2,1-6H3/q+1. The molecule has 0 amide bonds. The second kappa shape index (κ2) is 13.1. The van der Waals surface area contributed by atoms with Crippen LogP contribution in [0.2, 0.25) is 0 Å². The lowest BCUT2D eigenvalue weighted by Crippen LogP contribution is -2.38. The Hall–Kier alpha value is -4.44. The molecular formula is C42H47N2O2+. The average Bonchev–Trinajstić information content (AvgIpc) is 3.25. The van der Waals surface area contributed by atoms with Crippen molar-refractivity contribution in [1.82, 2.24) is 0 Å². The molecule has 2 unspecified atom stereocenters. The van der Waals surface area contributed by atoms with E-state index < -0.39 is 0 Å². The second-order valence-corrected chi connectivity index (χ2v) is 14.2. The number of fused-ring (bicyclic) bond motifs is 1. The van der Waals surface area contributed by atoms with Gasteiger partial charge < -0.3 is 9.64 Å². The van der Waals surface area contributed by atoms with Crippen molar-refractivity contribution in [2.24, 2.45) is 11.8 Å². The normalized spacial score (nSPS) is 19.2. The Morgan fingerprint density at radius 3 is 2.17 bits per heavy atom. The lowest BCUT2D eigenvalue weighted by atomic mass is 9.81. The summed E-state index contributed by atoms with van der Waals surface area (Å²) in [6, 6.07) is 33.3. The fraction of sp³-hybridized carbons (Fsp3) is 0.333. The third kappa shape index (κ3) is 6.72. The Labute approximate surface area is 275 Å². The number of hydrogen-bond donors (Lipinski definition) is 0. The summed E-state index contributed by atoms with van der Waals surface area (Å²) in [6.07, 6.45) is 5.85. The minimum atomic E-state index is -0.345. The van der Waals surface area contributed by atoms with Crippen LogP contribution < -0.4 is 9.64 Å². The highest BCUT2D eigenvalue weighted by Gasteiger charge is 2.44. The fourth-order valence-electron chi connectivity index (χ4n) is 7.17. The highest BCUT2D eigenvalue weighted by molar-refractivity contribution is 6.05. The van der Waals surface area contributed by atoms with Gasteiger partial charge in [-0.2, -0.15) is 4.58 Å². The number of carbonyl (C=O) groups excluding carboxylic acids is 1. The Morgan fingerprint density at radius 2 is 1.52 bits per heavy atom. The van der Waals surface area contributed by atoms with E-state index in [2.05, 4.69) is 112 Å². The monoisotopic (exact) mass is 611 g/mol. The summed E-state index contributed by atoms with van der Waals surface area (Å²) in [7, 11) is 0. The van der Waals surface area contributed by atoms with E-state index in [4.69, 9.17) is 4.74 Å². The highest BCUT2D eigenvalue weighted by Crippen LogP contribution is 2.40. The molecule has 0 aliphatic carbocycles. The first-order chi connectivity index (χ1) is 22.1. The van der Waals surface area contributed by atoms with Crippen molar-refractivity contribution in [3.63, 3.8) is 0 Å². The summed E-state index contributed by atoms with van der Waals surface area (Å²) in [5, 5.41) is 0. The van der Waals surface area contributed by atoms with Crippen LogP contribution in [0.5, 0.6) is 5.75 Å². The van der Waals surface area contributed by atoms with Crippen LogP contribution in [0, 0.1) is 11.8 Å². The van der Waals surface area contributed by atoms with Crippen LogP contribution in [0.15, 0.2) is 103 Å². The molecule has 4 heteroatoms. The van der Waals surface area contributed by atoms with Gasteiger partial charge in [0.25, 0.3) is 0 Å². The smallest absolute Gasteiger partial charge is 0.343 e. The molecule has 236 valence electrons. The third-order valence-electron chi connectivity index (χ3n) is 9.65. The second-order valence-electron chi connectivity index (χ2n) is 14.2. The molecule has 0 spiro atoms. The van der Waals surface area contributed by atoms with Crippen LogP contribution in [-0.2, 0) is 12.0 Å². The van der Waals surface area contributed by atoms with E-state index in [0.29, 0.717) is 23.8 Å². The van der Waals surface area contributed by atoms with Gasteiger partial charge in [-0.3, -0.25) is 0 Å². The maximum atomic E-state index is 12.9. The van der Waals surface area contributed by atoms with Gasteiger partial charge in [0.2, 0.25) is 5.69 Å². The first-order valence-corrected chi connectivity index (χ1v) is 16.8. The molecule has 0 aromatic heterocycles.